The van der Waals surface area contributed by atoms with Gasteiger partial charge in [-0.3, -0.25) is 9.59 Å². The van der Waals surface area contributed by atoms with Crippen molar-refractivity contribution >= 4 is 33.8 Å². The zero-order valence-electron chi connectivity index (χ0n) is 10.3. The zero-order valence-corrected chi connectivity index (χ0v) is 10.3. The summed E-state index contributed by atoms with van der Waals surface area (Å²) in [6, 6.07) is 1.63. The van der Waals surface area contributed by atoms with Crippen molar-refractivity contribution in [1.82, 2.24) is 24.7 Å². The van der Waals surface area contributed by atoms with Crippen LogP contribution in [0.2, 0.25) is 0 Å². The van der Waals surface area contributed by atoms with Crippen LogP contribution in [0.1, 0.15) is 6.92 Å². The highest BCUT2D eigenvalue weighted by atomic mass is 16.1. The summed E-state index contributed by atoms with van der Waals surface area (Å²) in [7, 11) is 1.71. The van der Waals surface area contributed by atoms with Gasteiger partial charge in [-0.25, -0.2) is 14.6 Å². The summed E-state index contributed by atoms with van der Waals surface area (Å²) in [5.41, 5.74) is 0.611. The second kappa shape index (κ2) is 3.87. The number of nitrogens with zero attached hydrogens (tertiary/aromatic N) is 4. The number of anilines is 1. The lowest BCUT2D eigenvalue weighted by Gasteiger charge is -1.98. The second-order valence-corrected chi connectivity index (χ2v) is 4.12. The summed E-state index contributed by atoms with van der Waals surface area (Å²) in [4.78, 5) is 33.6. The topological polar surface area (TPSA) is 106 Å². The third-order valence-corrected chi connectivity index (χ3v) is 2.72. The quantitative estimate of drug-likeness (QED) is 0.647. The van der Waals surface area contributed by atoms with Crippen LogP contribution in [0, 0.1) is 0 Å². The molecule has 3 aromatic rings. The largest absolute Gasteiger partial charge is 0.313 e. The first-order chi connectivity index (χ1) is 9.06. The standard InChI is InChI=1S/C11H10N6O2/c1-5(18)14-9-6-3-7-8(12-4-13-11(7)19)15-10(6)17(2)16-9/h3-4H,1-2H3,(H,14,16,18)(H,12,13,15,19). The Labute approximate surface area is 106 Å². The maximum atomic E-state index is 11.7. The Hall–Kier alpha value is -2.77. The van der Waals surface area contributed by atoms with Crippen LogP contribution >= 0.6 is 0 Å². The van der Waals surface area contributed by atoms with Gasteiger partial charge in [-0.05, 0) is 6.07 Å². The molecule has 2 N–H and O–H groups in total. The van der Waals surface area contributed by atoms with E-state index in [1.54, 1.807) is 13.1 Å². The molecular formula is C11H10N6O2. The average Bonchev–Trinajstić information content (AvgIpc) is 2.64. The zero-order chi connectivity index (χ0) is 13.6. The average molecular weight is 258 g/mol. The van der Waals surface area contributed by atoms with Crippen molar-refractivity contribution in [1.29, 1.82) is 0 Å². The summed E-state index contributed by atoms with van der Waals surface area (Å²) in [5.74, 6) is 0.142. The molecule has 0 aliphatic rings. The molecule has 8 heteroatoms. The number of aromatic amines is 1. The fraction of sp³-hybridized carbons (Fsp3) is 0.182. The number of pyridine rings is 1. The summed E-state index contributed by atoms with van der Waals surface area (Å²) < 4.78 is 1.53. The van der Waals surface area contributed by atoms with Crippen molar-refractivity contribution in [2.45, 2.75) is 6.92 Å². The fourth-order valence-corrected chi connectivity index (χ4v) is 1.92. The molecule has 0 spiro atoms. The molecule has 0 unspecified atom stereocenters. The molecule has 0 fully saturated rings. The van der Waals surface area contributed by atoms with E-state index in [1.807, 2.05) is 0 Å². The van der Waals surface area contributed by atoms with Gasteiger partial charge in [0.05, 0.1) is 17.1 Å². The van der Waals surface area contributed by atoms with Crippen LogP contribution in [0.3, 0.4) is 0 Å². The first-order valence-electron chi connectivity index (χ1n) is 5.55. The van der Waals surface area contributed by atoms with E-state index in [2.05, 4.69) is 25.4 Å². The predicted octanol–water partition coefficient (Wildman–Crippen LogP) is 0.163. The number of nitrogens with one attached hydrogen (secondary N) is 2. The predicted molar refractivity (Wildman–Crippen MR) is 68.7 cm³/mol. The number of aryl methyl sites for hydroxylation is 1. The minimum atomic E-state index is -0.281. The highest BCUT2D eigenvalue weighted by molar-refractivity contribution is 6.01. The number of aromatic nitrogens is 5. The van der Waals surface area contributed by atoms with Gasteiger partial charge in [0.25, 0.3) is 5.56 Å². The normalized spacial score (nSPS) is 11.1. The number of fused-ring (bicyclic) bond motifs is 2. The SMILES string of the molecule is CC(=O)Nc1nn(C)c2nc3nc[nH]c(=O)c3cc12. The maximum absolute atomic E-state index is 11.7. The molecule has 3 rings (SSSR count). The maximum Gasteiger partial charge on any atom is 0.260 e. The van der Waals surface area contributed by atoms with E-state index >= 15 is 0 Å². The minimum absolute atomic E-state index is 0.236. The molecular weight excluding hydrogens is 248 g/mol. The number of amides is 1. The lowest BCUT2D eigenvalue weighted by molar-refractivity contribution is -0.114. The lowest BCUT2D eigenvalue weighted by Crippen LogP contribution is -2.08. The summed E-state index contributed by atoms with van der Waals surface area (Å²) in [6.45, 7) is 1.39. The van der Waals surface area contributed by atoms with E-state index in [9.17, 15) is 9.59 Å². The van der Waals surface area contributed by atoms with Crippen LogP contribution in [0.4, 0.5) is 5.82 Å². The molecule has 1 amide bonds. The number of carbonyl (C=O) groups excluding carboxylic acids is 1. The number of hydrogen-bond acceptors (Lipinski definition) is 5. The van der Waals surface area contributed by atoms with Gasteiger partial charge < -0.3 is 10.3 Å². The van der Waals surface area contributed by atoms with Crippen LogP contribution in [0.5, 0.6) is 0 Å². The third-order valence-electron chi connectivity index (χ3n) is 2.72. The number of hydrogen-bond donors (Lipinski definition) is 2. The van der Waals surface area contributed by atoms with E-state index in [0.29, 0.717) is 27.9 Å². The molecule has 8 nitrogen and oxygen atoms in total. The van der Waals surface area contributed by atoms with E-state index < -0.39 is 0 Å². The highest BCUT2D eigenvalue weighted by Crippen LogP contribution is 2.22. The Morgan fingerprint density at radius 2 is 2.21 bits per heavy atom. The van der Waals surface area contributed by atoms with Crippen molar-refractivity contribution in [3.05, 3.63) is 22.7 Å². The summed E-state index contributed by atoms with van der Waals surface area (Å²) in [5, 5.41) is 7.73. The van der Waals surface area contributed by atoms with Crippen LogP contribution in [-0.2, 0) is 11.8 Å². The van der Waals surface area contributed by atoms with Crippen LogP contribution in [-0.4, -0.2) is 30.6 Å². The first kappa shape index (κ1) is 11.3. The molecule has 0 aromatic carbocycles. The van der Waals surface area contributed by atoms with Crippen molar-refractivity contribution < 1.29 is 4.79 Å². The van der Waals surface area contributed by atoms with Gasteiger partial charge in [-0.15, -0.1) is 0 Å². The molecule has 0 radical (unpaired) electrons. The van der Waals surface area contributed by atoms with Crippen LogP contribution in [0.15, 0.2) is 17.2 Å². The van der Waals surface area contributed by atoms with Crippen molar-refractivity contribution in [3.63, 3.8) is 0 Å². The van der Waals surface area contributed by atoms with E-state index in [0.717, 1.165) is 0 Å². The monoisotopic (exact) mass is 258 g/mol. The van der Waals surface area contributed by atoms with Crippen molar-refractivity contribution in [2.75, 3.05) is 5.32 Å². The molecule has 0 saturated heterocycles. The molecule has 0 aliphatic heterocycles. The van der Waals surface area contributed by atoms with Gasteiger partial charge in [0.1, 0.15) is 0 Å². The Morgan fingerprint density at radius 3 is 2.95 bits per heavy atom. The van der Waals surface area contributed by atoms with Crippen LogP contribution in [0.25, 0.3) is 22.1 Å². The fourth-order valence-electron chi connectivity index (χ4n) is 1.92. The molecule has 0 saturated carbocycles. The van der Waals surface area contributed by atoms with Gasteiger partial charge in [0.2, 0.25) is 5.91 Å². The Kier molecular flexibility index (Phi) is 2.31. The van der Waals surface area contributed by atoms with Gasteiger partial charge in [0.15, 0.2) is 17.1 Å². The van der Waals surface area contributed by atoms with Gasteiger partial charge >= 0.3 is 0 Å². The minimum Gasteiger partial charge on any atom is -0.313 e. The second-order valence-electron chi connectivity index (χ2n) is 4.12. The third kappa shape index (κ3) is 1.73. The van der Waals surface area contributed by atoms with E-state index in [4.69, 9.17) is 0 Å². The molecule has 3 aromatic heterocycles. The summed E-state index contributed by atoms with van der Waals surface area (Å²) in [6.07, 6.45) is 1.30. The Morgan fingerprint density at radius 1 is 1.42 bits per heavy atom. The Balaban J connectivity index is 2.40. The first-order valence-corrected chi connectivity index (χ1v) is 5.55. The number of H-pyrrole nitrogens is 1. The van der Waals surface area contributed by atoms with Gasteiger partial charge in [0, 0.05) is 14.0 Å². The molecule has 3 heterocycles. The molecule has 0 atom stereocenters. The smallest absolute Gasteiger partial charge is 0.260 e. The van der Waals surface area contributed by atoms with E-state index in [1.165, 1.54) is 17.9 Å². The molecule has 0 bridgehead atoms. The summed E-state index contributed by atoms with van der Waals surface area (Å²) >= 11 is 0. The Bertz CT molecular complexity index is 863. The van der Waals surface area contributed by atoms with Gasteiger partial charge in [-0.2, -0.15) is 5.10 Å². The van der Waals surface area contributed by atoms with Crippen molar-refractivity contribution in [3.8, 4) is 0 Å². The van der Waals surface area contributed by atoms with Crippen LogP contribution < -0.4 is 10.9 Å². The molecule has 0 aliphatic carbocycles. The van der Waals surface area contributed by atoms with Gasteiger partial charge in [-0.1, -0.05) is 0 Å². The van der Waals surface area contributed by atoms with E-state index in [-0.39, 0.29) is 11.5 Å². The molecule has 19 heavy (non-hydrogen) atoms. The number of carbonyl (C=O) groups is 1. The molecule has 96 valence electrons. The number of rotatable bonds is 1. The highest BCUT2D eigenvalue weighted by Gasteiger charge is 2.13. The lowest BCUT2D eigenvalue weighted by atomic mass is 10.2. The van der Waals surface area contributed by atoms with Crippen molar-refractivity contribution in [2.24, 2.45) is 7.05 Å².